The number of hydrogen-bond donors (Lipinski definition) is 1. The predicted octanol–water partition coefficient (Wildman–Crippen LogP) is 4.81. The molecule has 1 N–H and O–H groups in total. The highest BCUT2D eigenvalue weighted by atomic mass is 32.1. The van der Waals surface area contributed by atoms with Gasteiger partial charge in [-0.15, -0.1) is 11.3 Å². The van der Waals surface area contributed by atoms with E-state index in [0.717, 1.165) is 40.9 Å². The minimum absolute atomic E-state index is 0.255. The van der Waals surface area contributed by atoms with Crippen molar-refractivity contribution in [2.45, 2.75) is 32.2 Å². The summed E-state index contributed by atoms with van der Waals surface area (Å²) in [5.74, 6) is -0.255. The molecule has 2 aromatic carbocycles. The highest BCUT2D eigenvalue weighted by molar-refractivity contribution is 7.13. The fourth-order valence-electron chi connectivity index (χ4n) is 4.07. The molecule has 6 heteroatoms. The highest BCUT2D eigenvalue weighted by Crippen LogP contribution is 2.29. The van der Waals surface area contributed by atoms with Crippen molar-refractivity contribution in [2.75, 3.05) is 5.32 Å². The van der Waals surface area contributed by atoms with Crippen LogP contribution in [0.5, 0.6) is 0 Å². The average molecular weight is 416 g/mol. The molecule has 0 saturated heterocycles. The molecule has 5 nitrogen and oxygen atoms in total. The third-order valence-electron chi connectivity index (χ3n) is 5.70. The van der Waals surface area contributed by atoms with Crippen LogP contribution in [-0.4, -0.2) is 15.7 Å². The molecular weight excluding hydrogens is 394 g/mol. The molecule has 1 aliphatic rings. The van der Waals surface area contributed by atoms with E-state index >= 15 is 0 Å². The Labute approximate surface area is 178 Å². The molecule has 1 amide bonds. The lowest BCUT2D eigenvalue weighted by molar-refractivity contribution is -0.119. The molecule has 0 saturated carbocycles. The van der Waals surface area contributed by atoms with E-state index in [2.05, 4.69) is 16.5 Å². The van der Waals surface area contributed by atoms with Crippen molar-refractivity contribution < 1.29 is 4.79 Å². The summed E-state index contributed by atoms with van der Waals surface area (Å²) < 4.78 is 1.31. The number of carbonyl (C=O) groups excluding carboxylic acids is 1. The SMILES string of the molecule is CC(C(=O)Nc1ccc2c(c1)CCC2)n1nc(-c2cccs2)c2ccccc2c1=O. The predicted molar refractivity (Wildman–Crippen MR) is 121 cm³/mol. The van der Waals surface area contributed by atoms with Crippen LogP contribution in [0.4, 0.5) is 5.69 Å². The second-order valence-corrected chi connectivity index (χ2v) is 8.57. The van der Waals surface area contributed by atoms with E-state index in [9.17, 15) is 9.59 Å². The molecular formula is C24H21N3O2S. The van der Waals surface area contributed by atoms with Gasteiger partial charge in [0.05, 0.1) is 10.3 Å². The lowest BCUT2D eigenvalue weighted by Gasteiger charge is -2.17. The lowest BCUT2D eigenvalue weighted by Crippen LogP contribution is -2.33. The summed E-state index contributed by atoms with van der Waals surface area (Å²) in [5, 5.41) is 10.9. The van der Waals surface area contributed by atoms with Crippen molar-refractivity contribution in [3.05, 3.63) is 81.5 Å². The standard InChI is InChI=1S/C24H21N3O2S/c1-15(23(28)25-18-12-11-16-6-4-7-17(16)14-18)27-24(29)20-9-3-2-8-19(20)22(26-27)21-10-5-13-30-21/h2-3,5,8-15H,4,6-7H2,1H3,(H,25,28). The third kappa shape index (κ3) is 3.23. The average Bonchev–Trinajstić information content (AvgIpc) is 3.45. The zero-order valence-electron chi connectivity index (χ0n) is 16.6. The summed E-state index contributed by atoms with van der Waals surface area (Å²) in [7, 11) is 0. The number of benzene rings is 2. The number of thiophene rings is 1. The number of rotatable bonds is 4. The molecule has 1 unspecified atom stereocenters. The second-order valence-electron chi connectivity index (χ2n) is 7.62. The third-order valence-corrected chi connectivity index (χ3v) is 6.57. The van der Waals surface area contributed by atoms with Crippen LogP contribution >= 0.6 is 11.3 Å². The topological polar surface area (TPSA) is 64.0 Å². The fraction of sp³-hybridized carbons (Fsp3) is 0.208. The molecule has 0 aliphatic heterocycles. The van der Waals surface area contributed by atoms with E-state index in [4.69, 9.17) is 0 Å². The number of nitrogens with one attached hydrogen (secondary N) is 1. The first-order valence-electron chi connectivity index (χ1n) is 10.1. The molecule has 30 heavy (non-hydrogen) atoms. The van der Waals surface area contributed by atoms with Gasteiger partial charge >= 0.3 is 0 Å². The summed E-state index contributed by atoms with van der Waals surface area (Å²) in [4.78, 5) is 27.1. The van der Waals surface area contributed by atoms with Crippen LogP contribution in [0.1, 0.15) is 30.5 Å². The number of amides is 1. The van der Waals surface area contributed by atoms with Crippen molar-refractivity contribution in [1.29, 1.82) is 0 Å². The molecule has 2 aromatic heterocycles. The van der Waals surface area contributed by atoms with Crippen molar-refractivity contribution >= 4 is 33.7 Å². The first kappa shape index (κ1) is 18.8. The number of fused-ring (bicyclic) bond motifs is 2. The van der Waals surface area contributed by atoms with Gasteiger partial charge in [-0.1, -0.05) is 30.3 Å². The van der Waals surface area contributed by atoms with E-state index in [1.165, 1.54) is 15.8 Å². The van der Waals surface area contributed by atoms with Gasteiger partial charge in [0.25, 0.3) is 5.56 Å². The number of nitrogens with zero attached hydrogens (tertiary/aromatic N) is 2. The van der Waals surface area contributed by atoms with E-state index in [1.807, 2.05) is 47.8 Å². The maximum absolute atomic E-state index is 13.1. The normalized spacial score (nSPS) is 13.9. The summed E-state index contributed by atoms with van der Waals surface area (Å²) in [6, 6.07) is 16.7. The van der Waals surface area contributed by atoms with Gasteiger partial charge in [0.1, 0.15) is 11.7 Å². The van der Waals surface area contributed by atoms with E-state index < -0.39 is 6.04 Å². The smallest absolute Gasteiger partial charge is 0.275 e. The Kier molecular flexibility index (Phi) is 4.71. The van der Waals surface area contributed by atoms with Crippen LogP contribution in [0.15, 0.2) is 64.8 Å². The van der Waals surface area contributed by atoms with Gasteiger partial charge in [-0.3, -0.25) is 9.59 Å². The van der Waals surface area contributed by atoms with Crippen molar-refractivity contribution in [3.63, 3.8) is 0 Å². The quantitative estimate of drug-likeness (QED) is 0.520. The Balaban J connectivity index is 1.53. The van der Waals surface area contributed by atoms with Gasteiger partial charge < -0.3 is 5.32 Å². The Hall–Kier alpha value is -3.25. The first-order valence-corrected chi connectivity index (χ1v) is 11.0. The minimum atomic E-state index is -0.742. The summed E-state index contributed by atoms with van der Waals surface area (Å²) in [6.45, 7) is 1.71. The Morgan fingerprint density at radius 3 is 2.67 bits per heavy atom. The van der Waals surface area contributed by atoms with Crippen LogP contribution in [-0.2, 0) is 17.6 Å². The first-order chi connectivity index (χ1) is 14.6. The zero-order valence-corrected chi connectivity index (χ0v) is 17.4. The second kappa shape index (κ2) is 7.54. The molecule has 0 spiro atoms. The van der Waals surface area contributed by atoms with Gasteiger partial charge in [0.15, 0.2) is 0 Å². The van der Waals surface area contributed by atoms with Gasteiger partial charge in [0.2, 0.25) is 5.91 Å². The van der Waals surface area contributed by atoms with Crippen molar-refractivity contribution in [3.8, 4) is 10.6 Å². The largest absolute Gasteiger partial charge is 0.324 e. The number of anilines is 1. The lowest BCUT2D eigenvalue weighted by atomic mass is 10.1. The summed E-state index contributed by atoms with van der Waals surface area (Å²) >= 11 is 1.56. The molecule has 2 heterocycles. The Morgan fingerprint density at radius 1 is 1.07 bits per heavy atom. The van der Waals surface area contributed by atoms with Gasteiger partial charge in [-0.05, 0) is 67.0 Å². The molecule has 4 aromatic rings. The molecule has 150 valence electrons. The number of aromatic nitrogens is 2. The molecule has 0 radical (unpaired) electrons. The van der Waals surface area contributed by atoms with E-state index in [0.29, 0.717) is 5.39 Å². The van der Waals surface area contributed by atoms with Gasteiger partial charge in [-0.2, -0.15) is 5.10 Å². The monoisotopic (exact) mass is 415 g/mol. The van der Waals surface area contributed by atoms with Crippen molar-refractivity contribution in [2.24, 2.45) is 0 Å². The van der Waals surface area contributed by atoms with Crippen LogP contribution in [0, 0.1) is 0 Å². The van der Waals surface area contributed by atoms with Gasteiger partial charge in [-0.25, -0.2) is 4.68 Å². The number of hydrogen-bond acceptors (Lipinski definition) is 4. The summed E-state index contributed by atoms with van der Waals surface area (Å²) in [5.41, 5.74) is 3.87. The molecule has 1 atom stereocenters. The van der Waals surface area contributed by atoms with Crippen LogP contribution in [0.2, 0.25) is 0 Å². The van der Waals surface area contributed by atoms with Crippen LogP contribution in [0.25, 0.3) is 21.3 Å². The van der Waals surface area contributed by atoms with Crippen LogP contribution in [0.3, 0.4) is 0 Å². The fourth-order valence-corrected chi connectivity index (χ4v) is 4.79. The van der Waals surface area contributed by atoms with E-state index in [-0.39, 0.29) is 11.5 Å². The zero-order chi connectivity index (χ0) is 20.7. The molecule has 0 fully saturated rings. The maximum Gasteiger partial charge on any atom is 0.275 e. The Bertz CT molecular complexity index is 1310. The number of aryl methyl sites for hydroxylation is 2. The minimum Gasteiger partial charge on any atom is -0.324 e. The Morgan fingerprint density at radius 2 is 1.87 bits per heavy atom. The molecule has 0 bridgehead atoms. The van der Waals surface area contributed by atoms with Crippen LogP contribution < -0.4 is 10.9 Å². The molecule has 1 aliphatic carbocycles. The highest BCUT2D eigenvalue weighted by Gasteiger charge is 2.22. The number of carbonyl (C=O) groups is 1. The van der Waals surface area contributed by atoms with E-state index in [1.54, 1.807) is 24.3 Å². The summed E-state index contributed by atoms with van der Waals surface area (Å²) in [6.07, 6.45) is 3.30. The van der Waals surface area contributed by atoms with Gasteiger partial charge in [0, 0.05) is 11.1 Å². The molecule has 5 rings (SSSR count). The maximum atomic E-state index is 13.1. The van der Waals surface area contributed by atoms with Crippen molar-refractivity contribution in [1.82, 2.24) is 9.78 Å².